The van der Waals surface area contributed by atoms with Gasteiger partial charge in [0, 0.05) is 18.6 Å². The molecule has 8 fully saturated rings. The van der Waals surface area contributed by atoms with Gasteiger partial charge < -0.3 is 74.4 Å². The first-order valence-corrected chi connectivity index (χ1v) is 23.4. The zero-order valence-electron chi connectivity index (χ0n) is 36.3. The van der Waals surface area contributed by atoms with Gasteiger partial charge in [-0.15, -0.1) is 0 Å². The summed E-state index contributed by atoms with van der Waals surface area (Å²) < 4.78 is 36.8. The third kappa shape index (κ3) is 7.42. The van der Waals surface area contributed by atoms with Crippen LogP contribution < -0.4 is 0 Å². The molecule has 348 valence electrons. The molecule has 5 saturated heterocycles. The van der Waals surface area contributed by atoms with Crippen molar-refractivity contribution in [3.8, 4) is 0 Å². The summed E-state index contributed by atoms with van der Waals surface area (Å²) in [4.78, 5) is 2.94. The third-order valence-corrected chi connectivity index (χ3v) is 18.0. The highest BCUT2D eigenvalue weighted by Crippen LogP contribution is 2.70. The van der Waals surface area contributed by atoms with Gasteiger partial charge in [-0.2, -0.15) is 0 Å². The first-order chi connectivity index (χ1) is 29.0. The lowest BCUT2D eigenvalue weighted by atomic mass is 9.47. The van der Waals surface area contributed by atoms with E-state index in [1.807, 2.05) is 0 Å². The molecule has 0 aromatic heterocycles. The summed E-state index contributed by atoms with van der Waals surface area (Å²) in [5.74, 6) is 4.15. The molecule has 16 heteroatoms. The van der Waals surface area contributed by atoms with E-state index in [1.54, 1.807) is 0 Å². The predicted octanol–water partition coefficient (Wildman–Crippen LogP) is 0.155. The number of aliphatic hydroxyl groups excluding tert-OH is 9. The summed E-state index contributed by atoms with van der Waals surface area (Å²) in [6.45, 7) is 11.4. The minimum atomic E-state index is -1.83. The molecule has 4 aliphatic carbocycles. The molecule has 9 rings (SSSR count). The fourth-order valence-electron chi connectivity index (χ4n) is 14.7. The molecule has 26 atom stereocenters. The van der Waals surface area contributed by atoms with Crippen LogP contribution in [0.15, 0.2) is 11.6 Å². The number of nitrogens with zero attached hydrogens (tertiary/aromatic N) is 1. The Morgan fingerprint density at radius 2 is 1.33 bits per heavy atom. The predicted molar refractivity (Wildman–Crippen MR) is 215 cm³/mol. The first-order valence-electron chi connectivity index (χ1n) is 23.4. The quantitative estimate of drug-likeness (QED) is 0.148. The highest BCUT2D eigenvalue weighted by atomic mass is 16.8. The van der Waals surface area contributed by atoms with Crippen LogP contribution in [-0.2, 0) is 28.4 Å². The van der Waals surface area contributed by atoms with Crippen molar-refractivity contribution in [3.63, 3.8) is 0 Å². The molecule has 0 bridgehead atoms. The largest absolute Gasteiger partial charge is 0.394 e. The Hall–Kier alpha value is -0.900. The van der Waals surface area contributed by atoms with E-state index in [9.17, 15) is 46.0 Å². The number of hydrogen-bond acceptors (Lipinski definition) is 16. The number of piperidine rings is 1. The third-order valence-electron chi connectivity index (χ3n) is 18.0. The summed E-state index contributed by atoms with van der Waals surface area (Å²) in [7, 11) is 0. The van der Waals surface area contributed by atoms with E-state index in [2.05, 4.69) is 38.7 Å². The van der Waals surface area contributed by atoms with Gasteiger partial charge in [-0.1, -0.05) is 39.3 Å². The van der Waals surface area contributed by atoms with E-state index in [-0.39, 0.29) is 11.5 Å². The molecule has 0 aromatic rings. The van der Waals surface area contributed by atoms with E-state index in [0.29, 0.717) is 42.1 Å². The molecule has 61 heavy (non-hydrogen) atoms. The van der Waals surface area contributed by atoms with Gasteiger partial charge in [-0.05, 0) is 111 Å². The van der Waals surface area contributed by atoms with Gasteiger partial charge >= 0.3 is 0 Å². The standard InChI is InChI=1S/C45H73NO15/c1-19-6-9-27-20(2)31-28(46(27)16-19)15-26-24-8-7-22-14-23(10-12-44(22,4)25(24)11-13-45(26,31)5)57-43-40(61-41-37(54)35(52)32(49)21(3)56-41)39(34(51)30(18-48)59-43)60-42-38(55)36(53)33(50)29(17-47)58-42/h7,19-21,23-43,47-55H,6,8-18H2,1-5H3/t19-,20+,21-,23-,24-,25+,26+,27+,28+,29-,30+,31+,32+,33+,34+,35+,36-,37-,38+,39-,40+,41-,42+,43+,44+,45-/m0/s1. The molecule has 3 saturated carbocycles. The van der Waals surface area contributed by atoms with Gasteiger partial charge in [-0.3, -0.25) is 4.90 Å². The Morgan fingerprint density at radius 3 is 2.05 bits per heavy atom. The van der Waals surface area contributed by atoms with E-state index < -0.39 is 105 Å². The van der Waals surface area contributed by atoms with Gasteiger partial charge in [0.15, 0.2) is 18.9 Å². The van der Waals surface area contributed by atoms with E-state index in [0.717, 1.165) is 36.6 Å². The maximum Gasteiger partial charge on any atom is 0.187 e. The molecule has 5 heterocycles. The van der Waals surface area contributed by atoms with Crippen LogP contribution in [0.4, 0.5) is 0 Å². The maximum atomic E-state index is 11.6. The van der Waals surface area contributed by atoms with Gasteiger partial charge in [0.1, 0.15) is 67.1 Å². The second-order valence-electron chi connectivity index (χ2n) is 21.2. The molecule has 0 aromatic carbocycles. The molecule has 0 spiro atoms. The molecule has 0 unspecified atom stereocenters. The fourth-order valence-corrected chi connectivity index (χ4v) is 14.7. The minimum absolute atomic E-state index is 0.00462. The van der Waals surface area contributed by atoms with Crippen molar-refractivity contribution in [1.82, 2.24) is 4.90 Å². The minimum Gasteiger partial charge on any atom is -0.394 e. The Morgan fingerprint density at radius 1 is 0.672 bits per heavy atom. The van der Waals surface area contributed by atoms with E-state index in [4.69, 9.17) is 28.4 Å². The fraction of sp³-hybridized carbons (Fsp3) is 0.956. The van der Waals surface area contributed by atoms with E-state index in [1.165, 1.54) is 51.1 Å². The van der Waals surface area contributed by atoms with Crippen molar-refractivity contribution in [2.24, 2.45) is 46.3 Å². The van der Waals surface area contributed by atoms with Crippen LogP contribution in [0.5, 0.6) is 0 Å². The van der Waals surface area contributed by atoms with Gasteiger partial charge in [0.05, 0.1) is 25.4 Å². The maximum absolute atomic E-state index is 11.6. The van der Waals surface area contributed by atoms with Crippen LogP contribution in [0.1, 0.15) is 92.4 Å². The summed E-state index contributed by atoms with van der Waals surface area (Å²) in [6.07, 6.45) is -11.1. The lowest BCUT2D eigenvalue weighted by molar-refractivity contribution is -0.394. The zero-order valence-corrected chi connectivity index (χ0v) is 36.3. The highest BCUT2D eigenvalue weighted by Gasteiger charge is 2.66. The molecular formula is C45H73NO15. The molecular weight excluding hydrogens is 794 g/mol. The molecule has 9 aliphatic rings. The van der Waals surface area contributed by atoms with Crippen LogP contribution in [0.2, 0.25) is 0 Å². The highest BCUT2D eigenvalue weighted by molar-refractivity contribution is 5.27. The van der Waals surface area contributed by atoms with Crippen molar-refractivity contribution in [1.29, 1.82) is 0 Å². The number of aliphatic hydroxyl groups is 9. The first kappa shape index (κ1) is 45.3. The average Bonchev–Trinajstić information content (AvgIpc) is 3.71. The van der Waals surface area contributed by atoms with Crippen LogP contribution in [0.25, 0.3) is 0 Å². The van der Waals surface area contributed by atoms with Crippen molar-refractivity contribution in [3.05, 3.63) is 11.6 Å². The van der Waals surface area contributed by atoms with Gasteiger partial charge in [-0.25, -0.2) is 0 Å². The lowest BCUT2D eigenvalue weighted by Crippen LogP contribution is -2.67. The number of fused-ring (bicyclic) bond motifs is 9. The smallest absolute Gasteiger partial charge is 0.187 e. The number of rotatable bonds is 8. The van der Waals surface area contributed by atoms with Crippen molar-refractivity contribution < 1.29 is 74.4 Å². The average molecular weight is 868 g/mol. The topological polar surface area (TPSA) is 241 Å². The van der Waals surface area contributed by atoms with Crippen molar-refractivity contribution in [2.45, 2.75) is 203 Å². The van der Waals surface area contributed by atoms with Crippen molar-refractivity contribution >= 4 is 0 Å². The number of ether oxygens (including phenoxy) is 6. The summed E-state index contributed by atoms with van der Waals surface area (Å²) in [5, 5.41) is 95.8. The SMILES string of the molecule is C[C@H]1CC[C@@H]2[C@@H](C)[C@@H]3[C@@H](C[C@@H]4[C@H]5CC=C6C[C@@H](O[C@@H]7O[C@H](CO)[C@@H](O)[C@H](O[C@H]8O[C@@H](CO)[C@@H](O)[C@H](O)[C@H]8O)[C@H]7O[C@@H]7O[C@@H](C)[C@@H](O)[C@@H](O)[C@@H]7O)CC[C@@]6(C)[C@@H]5CC[C@]34C)N2C1. The van der Waals surface area contributed by atoms with Crippen molar-refractivity contribution in [2.75, 3.05) is 19.8 Å². The van der Waals surface area contributed by atoms with Crippen LogP contribution in [0.3, 0.4) is 0 Å². The Labute approximate surface area is 359 Å². The normalized spacial score (nSPS) is 57.3. The van der Waals surface area contributed by atoms with E-state index >= 15 is 0 Å². The van der Waals surface area contributed by atoms with Gasteiger partial charge in [0.25, 0.3) is 0 Å². The molecule has 0 amide bonds. The molecule has 5 aliphatic heterocycles. The zero-order chi connectivity index (χ0) is 43.4. The molecule has 0 radical (unpaired) electrons. The Kier molecular flexibility index (Phi) is 12.7. The lowest BCUT2D eigenvalue weighted by Gasteiger charge is -2.58. The molecule has 9 N–H and O–H groups in total. The Bertz CT molecular complexity index is 1590. The monoisotopic (exact) mass is 867 g/mol. The number of hydrogen-bond donors (Lipinski definition) is 9. The second-order valence-corrected chi connectivity index (χ2v) is 21.2. The second kappa shape index (κ2) is 17.1. The van der Waals surface area contributed by atoms with Crippen LogP contribution >= 0.6 is 0 Å². The summed E-state index contributed by atoms with van der Waals surface area (Å²) in [6, 6.07) is 1.43. The van der Waals surface area contributed by atoms with Gasteiger partial charge in [0.2, 0.25) is 0 Å². The van der Waals surface area contributed by atoms with Crippen LogP contribution in [0, 0.1) is 46.3 Å². The number of allylic oxidation sites excluding steroid dienone is 1. The Balaban J connectivity index is 0.952. The summed E-state index contributed by atoms with van der Waals surface area (Å²) >= 11 is 0. The van der Waals surface area contributed by atoms with Crippen LogP contribution in [-0.4, -0.2) is 181 Å². The summed E-state index contributed by atoms with van der Waals surface area (Å²) in [5.41, 5.74) is 1.72. The molecule has 16 nitrogen and oxygen atoms in total.